The van der Waals surface area contributed by atoms with Crippen LogP contribution in [0.4, 0.5) is 0 Å². The highest BCUT2D eigenvalue weighted by Gasteiger charge is 2.47. The van der Waals surface area contributed by atoms with Crippen molar-refractivity contribution in [3.05, 3.63) is 0 Å². The number of methoxy groups -OCH3 is 2. The summed E-state index contributed by atoms with van der Waals surface area (Å²) in [6, 6.07) is -1.28. The standard InChI is InChI=1S/C17H22N2O8S/c1-8-5-11(20)18(13(8)22)10(16(24)26-3)7-28-15(17(25)27-4)19-12(21)6-9(2)14(19)23/h8-10,15H,5-7H2,1-4H3/t8-,9-,10-,15-/m1/s1. The SMILES string of the molecule is COC(=O)[C@@H](CS[C@H](C(=O)OC)N1C(=O)C[C@@H](C)C1=O)N1C(=O)C[C@@H](C)C1=O. The Morgan fingerprint density at radius 2 is 1.39 bits per heavy atom. The lowest BCUT2D eigenvalue weighted by atomic mass is 10.1. The second-order valence-electron chi connectivity index (χ2n) is 6.66. The molecule has 2 heterocycles. The highest BCUT2D eigenvalue weighted by Crippen LogP contribution is 2.30. The van der Waals surface area contributed by atoms with Gasteiger partial charge in [0.2, 0.25) is 23.6 Å². The highest BCUT2D eigenvalue weighted by atomic mass is 32.2. The van der Waals surface area contributed by atoms with Gasteiger partial charge in [-0.3, -0.25) is 29.0 Å². The summed E-state index contributed by atoms with van der Waals surface area (Å²) in [6.07, 6.45) is -0.0635. The van der Waals surface area contributed by atoms with Crippen molar-refractivity contribution in [2.24, 2.45) is 11.8 Å². The summed E-state index contributed by atoms with van der Waals surface area (Å²) in [4.78, 5) is 75.0. The van der Waals surface area contributed by atoms with E-state index in [-0.39, 0.29) is 18.6 Å². The zero-order valence-corrected chi connectivity index (χ0v) is 16.8. The van der Waals surface area contributed by atoms with Crippen molar-refractivity contribution in [1.82, 2.24) is 9.80 Å². The van der Waals surface area contributed by atoms with Crippen LogP contribution >= 0.6 is 11.8 Å². The third kappa shape index (κ3) is 4.03. The third-order valence-corrected chi connectivity index (χ3v) is 5.88. The van der Waals surface area contributed by atoms with E-state index in [1.165, 1.54) is 0 Å². The molecular weight excluding hydrogens is 392 g/mol. The van der Waals surface area contributed by atoms with Gasteiger partial charge in [0.25, 0.3) is 0 Å². The minimum Gasteiger partial charge on any atom is -0.467 e. The molecule has 0 unspecified atom stereocenters. The van der Waals surface area contributed by atoms with E-state index in [0.29, 0.717) is 0 Å². The van der Waals surface area contributed by atoms with Crippen LogP contribution in [0.25, 0.3) is 0 Å². The number of hydrogen-bond donors (Lipinski definition) is 0. The van der Waals surface area contributed by atoms with Crippen LogP contribution in [-0.4, -0.2) is 76.8 Å². The Bertz CT molecular complexity index is 664. The lowest BCUT2D eigenvalue weighted by Gasteiger charge is -2.28. The van der Waals surface area contributed by atoms with Crippen molar-refractivity contribution in [3.8, 4) is 0 Å². The van der Waals surface area contributed by atoms with E-state index in [9.17, 15) is 28.8 Å². The smallest absolute Gasteiger partial charge is 0.339 e. The number of hydrogen-bond acceptors (Lipinski definition) is 9. The van der Waals surface area contributed by atoms with Gasteiger partial charge in [0.05, 0.1) is 14.2 Å². The fraction of sp³-hybridized carbons (Fsp3) is 0.647. The topological polar surface area (TPSA) is 127 Å². The van der Waals surface area contributed by atoms with Gasteiger partial charge in [0.15, 0.2) is 5.37 Å². The van der Waals surface area contributed by atoms with E-state index in [0.717, 1.165) is 35.8 Å². The quantitative estimate of drug-likeness (QED) is 0.402. The summed E-state index contributed by atoms with van der Waals surface area (Å²) < 4.78 is 9.39. The Balaban J connectivity index is 2.25. The van der Waals surface area contributed by atoms with Crippen molar-refractivity contribution >= 4 is 47.3 Å². The molecule has 4 atom stereocenters. The zero-order chi connectivity index (χ0) is 21.2. The fourth-order valence-corrected chi connectivity index (χ4v) is 4.36. The Labute approximate surface area is 165 Å². The van der Waals surface area contributed by atoms with Crippen molar-refractivity contribution in [3.63, 3.8) is 0 Å². The maximum Gasteiger partial charge on any atom is 0.339 e. The minimum atomic E-state index is -1.33. The number of carbonyl (C=O) groups excluding carboxylic acids is 6. The number of esters is 2. The Hall–Kier alpha value is -2.43. The molecule has 0 aliphatic carbocycles. The van der Waals surface area contributed by atoms with E-state index in [1.807, 2.05) is 0 Å². The highest BCUT2D eigenvalue weighted by molar-refractivity contribution is 8.00. The van der Waals surface area contributed by atoms with Gasteiger partial charge in [-0.2, -0.15) is 0 Å². The first-order chi connectivity index (χ1) is 13.1. The number of likely N-dealkylation sites (tertiary alicyclic amines) is 2. The first-order valence-corrected chi connectivity index (χ1v) is 9.67. The van der Waals surface area contributed by atoms with Gasteiger partial charge in [-0.05, 0) is 0 Å². The molecule has 28 heavy (non-hydrogen) atoms. The molecule has 0 aromatic carbocycles. The Morgan fingerprint density at radius 1 is 0.929 bits per heavy atom. The molecule has 2 fully saturated rings. The first-order valence-electron chi connectivity index (χ1n) is 8.63. The maximum atomic E-state index is 12.3. The number of imide groups is 2. The molecule has 2 saturated heterocycles. The molecule has 10 nitrogen and oxygen atoms in total. The van der Waals surface area contributed by atoms with E-state index >= 15 is 0 Å². The maximum absolute atomic E-state index is 12.3. The summed E-state index contributed by atoms with van der Waals surface area (Å²) in [6.45, 7) is 3.14. The van der Waals surface area contributed by atoms with E-state index < -0.39 is 58.8 Å². The van der Waals surface area contributed by atoms with Crippen LogP contribution in [0.2, 0.25) is 0 Å². The third-order valence-electron chi connectivity index (χ3n) is 4.65. The van der Waals surface area contributed by atoms with Gasteiger partial charge in [-0.1, -0.05) is 13.8 Å². The van der Waals surface area contributed by atoms with E-state index in [1.54, 1.807) is 13.8 Å². The molecule has 0 radical (unpaired) electrons. The van der Waals surface area contributed by atoms with Gasteiger partial charge in [-0.15, -0.1) is 11.8 Å². The molecule has 0 aromatic rings. The van der Waals surface area contributed by atoms with Crippen molar-refractivity contribution in [2.75, 3.05) is 20.0 Å². The summed E-state index contributed by atoms with van der Waals surface area (Å²) in [5.41, 5.74) is 0. The predicted octanol–water partition coefficient (Wildman–Crippen LogP) is -0.450. The molecule has 0 saturated carbocycles. The lowest BCUT2D eigenvalue weighted by Crippen LogP contribution is -2.49. The van der Waals surface area contributed by atoms with Crippen LogP contribution in [-0.2, 0) is 38.2 Å². The van der Waals surface area contributed by atoms with Gasteiger partial charge < -0.3 is 9.47 Å². The summed E-state index contributed by atoms with van der Waals surface area (Å²) in [7, 11) is 2.22. The molecule has 2 aliphatic heterocycles. The lowest BCUT2D eigenvalue weighted by molar-refractivity contribution is -0.155. The van der Waals surface area contributed by atoms with E-state index in [4.69, 9.17) is 9.47 Å². The van der Waals surface area contributed by atoms with E-state index in [2.05, 4.69) is 0 Å². The van der Waals surface area contributed by atoms with Crippen LogP contribution in [0.15, 0.2) is 0 Å². The van der Waals surface area contributed by atoms with Crippen molar-refractivity contribution in [2.45, 2.75) is 38.1 Å². The zero-order valence-electron chi connectivity index (χ0n) is 16.0. The van der Waals surface area contributed by atoms with Gasteiger partial charge in [0, 0.05) is 30.4 Å². The number of thioether (sulfide) groups is 1. The first kappa shape index (κ1) is 21.9. The second-order valence-corrected chi connectivity index (χ2v) is 7.78. The van der Waals surface area contributed by atoms with Gasteiger partial charge in [0.1, 0.15) is 6.04 Å². The fourth-order valence-electron chi connectivity index (χ4n) is 3.10. The monoisotopic (exact) mass is 414 g/mol. The summed E-state index contributed by atoms with van der Waals surface area (Å²) >= 11 is 0.768. The Morgan fingerprint density at radius 3 is 1.79 bits per heavy atom. The van der Waals surface area contributed by atoms with Crippen LogP contribution in [0.1, 0.15) is 26.7 Å². The average molecular weight is 414 g/mol. The minimum absolute atomic E-state index is 0.0297. The average Bonchev–Trinajstić information content (AvgIpc) is 3.05. The molecule has 154 valence electrons. The molecule has 11 heteroatoms. The van der Waals surface area contributed by atoms with Gasteiger partial charge in [-0.25, -0.2) is 9.59 Å². The predicted molar refractivity (Wildman–Crippen MR) is 95.3 cm³/mol. The summed E-state index contributed by atoms with van der Waals surface area (Å²) in [5, 5.41) is -1.33. The van der Waals surface area contributed by atoms with Crippen molar-refractivity contribution in [1.29, 1.82) is 0 Å². The van der Waals surface area contributed by atoms with Crippen LogP contribution < -0.4 is 0 Å². The molecule has 0 spiro atoms. The van der Waals surface area contributed by atoms with Crippen LogP contribution in [0, 0.1) is 11.8 Å². The molecule has 0 N–H and O–H groups in total. The number of ether oxygens (including phenoxy) is 2. The molecule has 0 bridgehead atoms. The molecule has 2 rings (SSSR count). The number of amides is 4. The van der Waals surface area contributed by atoms with Crippen molar-refractivity contribution < 1.29 is 38.2 Å². The number of rotatable bonds is 7. The van der Waals surface area contributed by atoms with Gasteiger partial charge >= 0.3 is 11.9 Å². The summed E-state index contributed by atoms with van der Waals surface area (Å²) in [5.74, 6) is -5.15. The molecule has 4 amide bonds. The largest absolute Gasteiger partial charge is 0.467 e. The molecule has 0 aromatic heterocycles. The number of nitrogens with zero attached hydrogens (tertiary/aromatic N) is 2. The number of carbonyl (C=O) groups is 6. The normalized spacial score (nSPS) is 24.6. The van der Waals surface area contributed by atoms with Crippen LogP contribution in [0.3, 0.4) is 0 Å². The molecular formula is C17H22N2O8S. The Kier molecular flexibility index (Phi) is 6.81. The second kappa shape index (κ2) is 8.72. The van der Waals surface area contributed by atoms with Crippen LogP contribution in [0.5, 0.6) is 0 Å². The molecule has 2 aliphatic rings.